The van der Waals surface area contributed by atoms with E-state index in [0.29, 0.717) is 23.7 Å². The van der Waals surface area contributed by atoms with Gasteiger partial charge in [-0.25, -0.2) is 0 Å². The maximum atomic E-state index is 6.04. The van der Waals surface area contributed by atoms with Crippen molar-refractivity contribution in [2.24, 2.45) is 0 Å². The number of aromatic nitrogens is 1. The first-order valence-electron chi connectivity index (χ1n) is 6.87. The van der Waals surface area contributed by atoms with Crippen LogP contribution in [0.15, 0.2) is 30.5 Å². The largest absolute Gasteiger partial charge is 0.493 e. The normalized spacial score (nSPS) is 10.2. The number of nitrogens with one attached hydrogen (secondary N) is 1. The monoisotopic (exact) mass is 287 g/mol. The van der Waals surface area contributed by atoms with Gasteiger partial charge in [0.2, 0.25) is 0 Å². The fourth-order valence-corrected chi connectivity index (χ4v) is 2.18. The zero-order valence-electron chi connectivity index (χ0n) is 12.6. The van der Waals surface area contributed by atoms with Crippen LogP contribution < -0.4 is 20.5 Å². The molecule has 1 heterocycles. The summed E-state index contributed by atoms with van der Waals surface area (Å²) in [7, 11) is 3.19. The number of rotatable bonds is 6. The van der Waals surface area contributed by atoms with Gasteiger partial charge in [0.15, 0.2) is 11.5 Å². The summed E-state index contributed by atoms with van der Waals surface area (Å²) in [6, 6.07) is 7.62. The lowest BCUT2D eigenvalue weighted by Gasteiger charge is -2.14. The third kappa shape index (κ3) is 3.37. The molecule has 0 radical (unpaired) electrons. The van der Waals surface area contributed by atoms with Crippen molar-refractivity contribution in [3.63, 3.8) is 0 Å². The average Bonchev–Trinajstić information content (AvgIpc) is 2.53. The van der Waals surface area contributed by atoms with Gasteiger partial charge in [-0.3, -0.25) is 4.98 Å². The Morgan fingerprint density at radius 1 is 1.19 bits per heavy atom. The molecule has 2 rings (SSSR count). The van der Waals surface area contributed by atoms with Crippen molar-refractivity contribution in [2.45, 2.75) is 19.9 Å². The molecule has 5 nitrogen and oxygen atoms in total. The van der Waals surface area contributed by atoms with Crippen molar-refractivity contribution < 1.29 is 9.47 Å². The Kier molecular flexibility index (Phi) is 4.87. The number of pyridine rings is 1. The molecule has 1 aromatic heterocycles. The van der Waals surface area contributed by atoms with Gasteiger partial charge in [-0.05, 0) is 18.1 Å². The van der Waals surface area contributed by atoms with Crippen LogP contribution in [0.5, 0.6) is 11.5 Å². The van der Waals surface area contributed by atoms with E-state index in [-0.39, 0.29) is 0 Å². The van der Waals surface area contributed by atoms with Crippen LogP contribution in [0.4, 0.5) is 11.4 Å². The molecule has 0 aliphatic rings. The first-order valence-corrected chi connectivity index (χ1v) is 6.87. The summed E-state index contributed by atoms with van der Waals surface area (Å²) >= 11 is 0. The van der Waals surface area contributed by atoms with Crippen molar-refractivity contribution in [1.29, 1.82) is 0 Å². The summed E-state index contributed by atoms with van der Waals surface area (Å²) in [6.07, 6.45) is 2.75. The molecule has 0 saturated carbocycles. The second-order valence-corrected chi connectivity index (χ2v) is 4.61. The quantitative estimate of drug-likeness (QED) is 0.800. The fourth-order valence-electron chi connectivity index (χ4n) is 2.18. The average molecular weight is 287 g/mol. The topological polar surface area (TPSA) is 69.4 Å². The molecule has 1 aromatic carbocycles. The molecule has 2 aromatic rings. The lowest BCUT2D eigenvalue weighted by atomic mass is 10.1. The van der Waals surface area contributed by atoms with Crippen molar-refractivity contribution in [3.8, 4) is 11.5 Å². The number of methoxy groups -OCH3 is 2. The Labute approximate surface area is 125 Å². The lowest BCUT2D eigenvalue weighted by molar-refractivity contribution is 0.355. The molecule has 0 saturated heterocycles. The van der Waals surface area contributed by atoms with Gasteiger partial charge in [-0.1, -0.05) is 13.0 Å². The number of benzene rings is 1. The molecular formula is C16H21N3O2. The van der Waals surface area contributed by atoms with Crippen LogP contribution in [0.1, 0.15) is 18.2 Å². The predicted molar refractivity (Wildman–Crippen MR) is 84.9 cm³/mol. The van der Waals surface area contributed by atoms with Crippen LogP contribution in [-0.2, 0) is 13.0 Å². The van der Waals surface area contributed by atoms with Gasteiger partial charge < -0.3 is 20.5 Å². The Bertz CT molecular complexity index is 614. The van der Waals surface area contributed by atoms with Gasteiger partial charge in [0, 0.05) is 18.3 Å². The van der Waals surface area contributed by atoms with Crippen LogP contribution in [0, 0.1) is 0 Å². The van der Waals surface area contributed by atoms with Crippen LogP contribution >= 0.6 is 0 Å². The molecule has 0 unspecified atom stereocenters. The first kappa shape index (κ1) is 15.0. The van der Waals surface area contributed by atoms with Crippen molar-refractivity contribution in [2.75, 3.05) is 25.3 Å². The summed E-state index contributed by atoms with van der Waals surface area (Å²) in [4.78, 5) is 4.41. The summed E-state index contributed by atoms with van der Waals surface area (Å²) in [6.45, 7) is 2.73. The lowest BCUT2D eigenvalue weighted by Crippen LogP contribution is -2.07. The van der Waals surface area contributed by atoms with E-state index in [1.807, 2.05) is 12.1 Å². The number of nitrogen functional groups attached to an aromatic ring is 1. The molecule has 0 spiro atoms. The van der Waals surface area contributed by atoms with E-state index in [9.17, 15) is 0 Å². The maximum absolute atomic E-state index is 6.04. The number of nitrogens with zero attached hydrogens (tertiary/aromatic N) is 1. The maximum Gasteiger partial charge on any atom is 0.162 e. The Morgan fingerprint density at radius 2 is 1.90 bits per heavy atom. The predicted octanol–water partition coefficient (Wildman–Crippen LogP) is 2.86. The first-order chi connectivity index (χ1) is 10.2. The molecule has 0 amide bonds. The highest BCUT2D eigenvalue weighted by molar-refractivity contribution is 5.72. The highest BCUT2D eigenvalue weighted by Gasteiger charge is 2.10. The van der Waals surface area contributed by atoms with Gasteiger partial charge in [0.25, 0.3) is 0 Å². The zero-order chi connectivity index (χ0) is 15.2. The van der Waals surface area contributed by atoms with Crippen LogP contribution in [-0.4, -0.2) is 19.2 Å². The SMILES string of the molecule is CCc1cccnc1CNc1cc(OC)c(OC)cc1N. The number of ether oxygens (including phenoxy) is 2. The summed E-state index contributed by atoms with van der Waals surface area (Å²) in [5, 5.41) is 3.31. The summed E-state index contributed by atoms with van der Waals surface area (Å²) in [5.74, 6) is 1.26. The molecular weight excluding hydrogens is 266 g/mol. The Balaban J connectivity index is 2.20. The Hall–Kier alpha value is -2.43. The minimum atomic E-state index is 0.613. The second-order valence-electron chi connectivity index (χ2n) is 4.61. The highest BCUT2D eigenvalue weighted by Crippen LogP contribution is 2.34. The molecule has 21 heavy (non-hydrogen) atoms. The third-order valence-corrected chi connectivity index (χ3v) is 3.37. The Morgan fingerprint density at radius 3 is 2.57 bits per heavy atom. The third-order valence-electron chi connectivity index (χ3n) is 3.37. The number of hydrogen-bond donors (Lipinski definition) is 2. The molecule has 3 N–H and O–H groups in total. The van der Waals surface area contributed by atoms with E-state index in [0.717, 1.165) is 17.8 Å². The van der Waals surface area contributed by atoms with Gasteiger partial charge >= 0.3 is 0 Å². The molecule has 5 heteroatoms. The van der Waals surface area contributed by atoms with Gasteiger partial charge in [0.1, 0.15) is 0 Å². The number of hydrogen-bond acceptors (Lipinski definition) is 5. The molecule has 0 aliphatic carbocycles. The van der Waals surface area contributed by atoms with E-state index in [1.54, 1.807) is 26.5 Å². The summed E-state index contributed by atoms with van der Waals surface area (Å²) < 4.78 is 10.5. The standard InChI is InChI=1S/C16H21N3O2/c1-4-11-6-5-7-18-14(11)10-19-13-9-16(21-3)15(20-2)8-12(13)17/h5-9,19H,4,10,17H2,1-3H3. The minimum absolute atomic E-state index is 0.613. The smallest absolute Gasteiger partial charge is 0.162 e. The fraction of sp³-hybridized carbons (Fsp3) is 0.312. The van der Waals surface area contributed by atoms with E-state index < -0.39 is 0 Å². The number of aryl methyl sites for hydroxylation is 1. The molecule has 112 valence electrons. The van der Waals surface area contributed by atoms with Crippen LogP contribution in [0.25, 0.3) is 0 Å². The summed E-state index contributed by atoms with van der Waals surface area (Å²) in [5.41, 5.74) is 9.70. The van der Waals surface area contributed by atoms with E-state index in [1.165, 1.54) is 5.56 Å². The van der Waals surface area contributed by atoms with E-state index >= 15 is 0 Å². The minimum Gasteiger partial charge on any atom is -0.493 e. The van der Waals surface area contributed by atoms with Crippen molar-refractivity contribution in [1.82, 2.24) is 4.98 Å². The number of anilines is 2. The second kappa shape index (κ2) is 6.83. The van der Waals surface area contributed by atoms with E-state index in [4.69, 9.17) is 15.2 Å². The molecule has 0 aliphatic heterocycles. The molecule has 0 bridgehead atoms. The highest BCUT2D eigenvalue weighted by atomic mass is 16.5. The van der Waals surface area contributed by atoms with Crippen molar-refractivity contribution >= 4 is 11.4 Å². The zero-order valence-corrected chi connectivity index (χ0v) is 12.6. The number of nitrogens with two attached hydrogens (primary N) is 1. The van der Waals surface area contributed by atoms with Crippen LogP contribution in [0.2, 0.25) is 0 Å². The van der Waals surface area contributed by atoms with E-state index in [2.05, 4.69) is 23.3 Å². The van der Waals surface area contributed by atoms with Gasteiger partial charge in [-0.2, -0.15) is 0 Å². The van der Waals surface area contributed by atoms with Gasteiger partial charge in [-0.15, -0.1) is 0 Å². The van der Waals surface area contributed by atoms with Gasteiger partial charge in [0.05, 0.1) is 37.8 Å². The van der Waals surface area contributed by atoms with Crippen molar-refractivity contribution in [3.05, 3.63) is 41.7 Å². The van der Waals surface area contributed by atoms with Crippen LogP contribution in [0.3, 0.4) is 0 Å². The molecule has 0 fully saturated rings. The molecule has 0 atom stereocenters.